The first-order valence-electron chi connectivity index (χ1n) is 6.68. The van der Waals surface area contributed by atoms with Crippen LogP contribution in [-0.4, -0.2) is 6.54 Å². The molecule has 0 unspecified atom stereocenters. The van der Waals surface area contributed by atoms with E-state index in [2.05, 4.69) is 59.6 Å². The van der Waals surface area contributed by atoms with Crippen LogP contribution in [0, 0.1) is 11.8 Å². The van der Waals surface area contributed by atoms with Crippen molar-refractivity contribution in [3.05, 3.63) is 78.4 Å². The summed E-state index contributed by atoms with van der Waals surface area (Å²) >= 11 is 0. The third kappa shape index (κ3) is 2.99. The smallest absolute Gasteiger partial charge is 0.0769 e. The lowest BCUT2D eigenvalue weighted by Crippen LogP contribution is -1.98. The molecule has 0 aromatic heterocycles. The Morgan fingerprint density at radius 1 is 0.750 bits per heavy atom. The number of benzene rings is 3. The molecule has 0 aliphatic rings. The van der Waals surface area contributed by atoms with Crippen molar-refractivity contribution in [1.29, 1.82) is 0 Å². The molecule has 3 aromatic carbocycles. The second-order valence-electron chi connectivity index (χ2n) is 4.58. The van der Waals surface area contributed by atoms with Gasteiger partial charge in [0.15, 0.2) is 0 Å². The highest BCUT2D eigenvalue weighted by Gasteiger charge is 1.94. The van der Waals surface area contributed by atoms with Gasteiger partial charge in [0, 0.05) is 11.3 Å². The van der Waals surface area contributed by atoms with Crippen LogP contribution in [0.1, 0.15) is 5.56 Å². The molecule has 1 nitrogen and oxygen atoms in total. The Hall–Kier alpha value is -2.72. The molecule has 1 N–H and O–H groups in total. The zero-order chi connectivity index (χ0) is 13.6. The minimum atomic E-state index is 0.646. The second-order valence-corrected chi connectivity index (χ2v) is 4.58. The number of hydrogen-bond acceptors (Lipinski definition) is 1. The Kier molecular flexibility index (Phi) is 3.66. The lowest BCUT2D eigenvalue weighted by molar-refractivity contribution is 1.38. The fraction of sp³-hybridized carbons (Fsp3) is 0.0526. The summed E-state index contributed by atoms with van der Waals surface area (Å²) in [5, 5.41) is 5.84. The molecule has 96 valence electrons. The maximum Gasteiger partial charge on any atom is 0.0769 e. The monoisotopic (exact) mass is 257 g/mol. The van der Waals surface area contributed by atoms with Gasteiger partial charge in [-0.25, -0.2) is 0 Å². The predicted molar refractivity (Wildman–Crippen MR) is 85.8 cm³/mol. The fourth-order valence-electron chi connectivity index (χ4n) is 2.11. The van der Waals surface area contributed by atoms with Crippen LogP contribution in [-0.2, 0) is 0 Å². The molecule has 0 aliphatic carbocycles. The van der Waals surface area contributed by atoms with E-state index in [-0.39, 0.29) is 0 Å². The zero-order valence-corrected chi connectivity index (χ0v) is 11.1. The Morgan fingerprint density at radius 2 is 1.50 bits per heavy atom. The largest absolute Gasteiger partial charge is 0.374 e. The van der Waals surface area contributed by atoms with Gasteiger partial charge in [0.2, 0.25) is 0 Å². The van der Waals surface area contributed by atoms with Crippen LogP contribution in [0.25, 0.3) is 10.8 Å². The highest BCUT2D eigenvalue weighted by Crippen LogP contribution is 2.18. The Labute approximate surface area is 119 Å². The number of nitrogens with one attached hydrogen (secondary N) is 1. The van der Waals surface area contributed by atoms with Crippen molar-refractivity contribution in [2.45, 2.75) is 0 Å². The SMILES string of the molecule is C(#Cc1ccccc1)CNc1ccc2ccccc2c1. The average Bonchev–Trinajstić information content (AvgIpc) is 2.52. The number of hydrogen-bond donors (Lipinski definition) is 1. The van der Waals surface area contributed by atoms with Crippen molar-refractivity contribution in [1.82, 2.24) is 0 Å². The Morgan fingerprint density at radius 3 is 2.35 bits per heavy atom. The second kappa shape index (κ2) is 5.95. The molecule has 0 radical (unpaired) electrons. The molecule has 0 saturated heterocycles. The van der Waals surface area contributed by atoms with Gasteiger partial charge in [-0.1, -0.05) is 60.4 Å². The third-order valence-electron chi connectivity index (χ3n) is 3.14. The minimum absolute atomic E-state index is 0.646. The molecule has 0 atom stereocenters. The average molecular weight is 257 g/mol. The number of fused-ring (bicyclic) bond motifs is 1. The standard InChI is InChI=1S/C19H15N/c1-2-7-16(8-3-1)9-6-14-20-19-13-12-17-10-4-5-11-18(17)15-19/h1-5,7-8,10-13,15,20H,14H2. The summed E-state index contributed by atoms with van der Waals surface area (Å²) in [5.41, 5.74) is 2.15. The van der Waals surface area contributed by atoms with Gasteiger partial charge in [-0.15, -0.1) is 0 Å². The molecule has 0 amide bonds. The minimum Gasteiger partial charge on any atom is -0.374 e. The van der Waals surface area contributed by atoms with Crippen molar-refractivity contribution in [2.24, 2.45) is 0 Å². The summed E-state index contributed by atoms with van der Waals surface area (Å²) in [6.45, 7) is 0.646. The van der Waals surface area contributed by atoms with E-state index < -0.39 is 0 Å². The van der Waals surface area contributed by atoms with Crippen molar-refractivity contribution in [3.8, 4) is 11.8 Å². The van der Waals surface area contributed by atoms with Crippen LogP contribution < -0.4 is 5.32 Å². The van der Waals surface area contributed by atoms with Gasteiger partial charge in [0.25, 0.3) is 0 Å². The van der Waals surface area contributed by atoms with Gasteiger partial charge in [-0.05, 0) is 35.0 Å². The summed E-state index contributed by atoms with van der Waals surface area (Å²) in [6, 6.07) is 24.8. The first-order valence-corrected chi connectivity index (χ1v) is 6.68. The van der Waals surface area contributed by atoms with Crippen LogP contribution >= 0.6 is 0 Å². The van der Waals surface area contributed by atoms with E-state index in [1.807, 2.05) is 30.3 Å². The maximum atomic E-state index is 3.33. The summed E-state index contributed by atoms with van der Waals surface area (Å²) in [5.74, 6) is 6.28. The van der Waals surface area contributed by atoms with Crippen molar-refractivity contribution >= 4 is 16.5 Å². The molecule has 3 aromatic rings. The van der Waals surface area contributed by atoms with E-state index in [9.17, 15) is 0 Å². The summed E-state index contributed by atoms with van der Waals surface area (Å²) in [4.78, 5) is 0. The van der Waals surface area contributed by atoms with Crippen LogP contribution in [0.15, 0.2) is 72.8 Å². The third-order valence-corrected chi connectivity index (χ3v) is 3.14. The summed E-state index contributed by atoms with van der Waals surface area (Å²) < 4.78 is 0. The Balaban J connectivity index is 1.67. The quantitative estimate of drug-likeness (QED) is 0.675. The molecular weight excluding hydrogens is 242 g/mol. The summed E-state index contributed by atoms with van der Waals surface area (Å²) in [6.07, 6.45) is 0. The van der Waals surface area contributed by atoms with E-state index in [4.69, 9.17) is 0 Å². The maximum absolute atomic E-state index is 3.33. The fourth-order valence-corrected chi connectivity index (χ4v) is 2.11. The molecule has 0 fully saturated rings. The van der Waals surface area contributed by atoms with E-state index in [1.54, 1.807) is 0 Å². The number of anilines is 1. The van der Waals surface area contributed by atoms with Crippen molar-refractivity contribution in [3.63, 3.8) is 0 Å². The van der Waals surface area contributed by atoms with E-state index in [0.717, 1.165) is 11.3 Å². The van der Waals surface area contributed by atoms with Gasteiger partial charge < -0.3 is 5.32 Å². The van der Waals surface area contributed by atoms with Gasteiger partial charge in [0.05, 0.1) is 6.54 Å². The van der Waals surface area contributed by atoms with Crippen LogP contribution in [0.5, 0.6) is 0 Å². The lowest BCUT2D eigenvalue weighted by atomic mass is 10.1. The zero-order valence-electron chi connectivity index (χ0n) is 11.1. The Bertz CT molecular complexity index is 764. The topological polar surface area (TPSA) is 12.0 Å². The molecule has 1 heteroatoms. The van der Waals surface area contributed by atoms with Crippen LogP contribution in [0.4, 0.5) is 5.69 Å². The predicted octanol–water partition coefficient (Wildman–Crippen LogP) is 4.30. The van der Waals surface area contributed by atoms with Gasteiger partial charge >= 0.3 is 0 Å². The molecule has 20 heavy (non-hydrogen) atoms. The highest BCUT2D eigenvalue weighted by atomic mass is 14.8. The first-order chi connectivity index (χ1) is 9.92. The highest BCUT2D eigenvalue weighted by molar-refractivity contribution is 5.85. The molecule has 0 bridgehead atoms. The molecular formula is C19H15N. The molecule has 0 saturated carbocycles. The van der Waals surface area contributed by atoms with E-state index in [0.29, 0.717) is 6.54 Å². The molecule has 0 spiro atoms. The van der Waals surface area contributed by atoms with Crippen molar-refractivity contribution < 1.29 is 0 Å². The van der Waals surface area contributed by atoms with Crippen LogP contribution in [0.2, 0.25) is 0 Å². The number of rotatable bonds is 2. The van der Waals surface area contributed by atoms with Gasteiger partial charge in [0.1, 0.15) is 0 Å². The van der Waals surface area contributed by atoms with Gasteiger partial charge in [-0.3, -0.25) is 0 Å². The molecule has 0 heterocycles. The van der Waals surface area contributed by atoms with E-state index >= 15 is 0 Å². The van der Waals surface area contributed by atoms with Crippen LogP contribution in [0.3, 0.4) is 0 Å². The lowest BCUT2D eigenvalue weighted by Gasteiger charge is -2.04. The normalized spacial score (nSPS) is 9.80. The molecule has 3 rings (SSSR count). The summed E-state index contributed by atoms with van der Waals surface area (Å²) in [7, 11) is 0. The molecule has 0 aliphatic heterocycles. The van der Waals surface area contributed by atoms with E-state index in [1.165, 1.54) is 10.8 Å². The van der Waals surface area contributed by atoms with Crippen molar-refractivity contribution in [2.75, 3.05) is 11.9 Å². The van der Waals surface area contributed by atoms with Gasteiger partial charge in [-0.2, -0.15) is 0 Å². The first kappa shape index (κ1) is 12.3.